The Hall–Kier alpha value is -1.57. The molecule has 4 aliphatic rings. The maximum atomic E-state index is 11.6. The van der Waals surface area contributed by atoms with E-state index in [9.17, 15) is 9.90 Å². The van der Waals surface area contributed by atoms with Gasteiger partial charge in [-0.2, -0.15) is 0 Å². The summed E-state index contributed by atoms with van der Waals surface area (Å²) in [6.07, 6.45) is 8.62. The van der Waals surface area contributed by atoms with Gasteiger partial charge in [-0.3, -0.25) is 0 Å². The number of hydrogen-bond donors (Lipinski definition) is 1. The number of carboxylic acids is 1. The molecule has 5 atom stereocenters. The molecule has 1 N–H and O–H groups in total. The number of unbranched alkanes of at least 4 members (excludes halogenated alkanes) is 3. The summed E-state index contributed by atoms with van der Waals surface area (Å²) in [4.78, 5) is 11.6. The van der Waals surface area contributed by atoms with Gasteiger partial charge in [0.15, 0.2) is 0 Å². The van der Waals surface area contributed by atoms with Crippen molar-refractivity contribution in [2.75, 3.05) is 0 Å². The van der Waals surface area contributed by atoms with E-state index in [-0.39, 0.29) is 10.8 Å². The molecule has 2 nitrogen and oxygen atoms in total. The van der Waals surface area contributed by atoms with Crippen LogP contribution < -0.4 is 0 Å². The molecule has 3 saturated carbocycles. The molecule has 1 aromatic rings. The molecule has 3 fully saturated rings. The van der Waals surface area contributed by atoms with Gasteiger partial charge >= 0.3 is 5.97 Å². The normalized spacial score (nSPS) is 36.8. The topological polar surface area (TPSA) is 37.3 Å². The molecule has 2 unspecified atom stereocenters. The van der Waals surface area contributed by atoms with Crippen molar-refractivity contribution < 1.29 is 9.90 Å². The van der Waals surface area contributed by atoms with Gasteiger partial charge in [-0.1, -0.05) is 64.7 Å². The van der Waals surface area contributed by atoms with Crippen LogP contribution in [0.3, 0.4) is 0 Å². The second-order valence-electron chi connectivity index (χ2n) is 10.4. The van der Waals surface area contributed by atoms with Crippen molar-refractivity contribution >= 4 is 5.97 Å². The zero-order valence-corrected chi connectivity index (χ0v) is 17.4. The Bertz CT molecular complexity index is 869. The summed E-state index contributed by atoms with van der Waals surface area (Å²) in [6.45, 7) is 11.5. The fraction of sp³-hybridized carbons (Fsp3) is 0.640. The molecule has 144 valence electrons. The molecule has 0 amide bonds. The second-order valence-corrected chi connectivity index (χ2v) is 10.4. The zero-order valence-electron chi connectivity index (χ0n) is 17.4. The lowest BCUT2D eigenvalue weighted by atomic mass is 9.74. The molecule has 0 aliphatic heterocycles. The highest BCUT2D eigenvalue weighted by molar-refractivity contribution is 5.96. The molecule has 2 heteroatoms. The second kappa shape index (κ2) is 5.07. The molecular formula is C25H32O2. The lowest BCUT2D eigenvalue weighted by Gasteiger charge is -2.30. The van der Waals surface area contributed by atoms with Crippen molar-refractivity contribution in [1.29, 1.82) is 0 Å². The zero-order chi connectivity index (χ0) is 19.4. The number of hydrogen-bond acceptors (Lipinski definition) is 1. The third-order valence-corrected chi connectivity index (χ3v) is 8.55. The maximum absolute atomic E-state index is 11.6. The third-order valence-electron chi connectivity index (χ3n) is 8.55. The molecule has 0 bridgehead atoms. The minimum Gasteiger partial charge on any atom is -0.478 e. The van der Waals surface area contributed by atoms with Crippen LogP contribution in [0.2, 0.25) is 0 Å². The smallest absolute Gasteiger partial charge is 0.331 e. The van der Waals surface area contributed by atoms with Crippen LogP contribution in [-0.2, 0) is 15.6 Å². The summed E-state index contributed by atoms with van der Waals surface area (Å²) in [5.74, 6) is 1.13. The minimum atomic E-state index is -0.688. The van der Waals surface area contributed by atoms with Crippen molar-refractivity contribution in [2.45, 2.75) is 77.6 Å². The summed E-state index contributed by atoms with van der Waals surface area (Å²) in [6, 6.07) is 4.81. The number of fused-ring (bicyclic) bond motifs is 3. The van der Waals surface area contributed by atoms with Crippen LogP contribution >= 0.6 is 0 Å². The SMILES string of the molecule is CCCCCCC(C)(C)c1cc(C)c([C@]23C=C(C(=O)O)[C@H]4C5C2[C@@]543)c(C)c1. The summed E-state index contributed by atoms with van der Waals surface area (Å²) in [7, 11) is 0. The molecule has 0 aromatic heterocycles. The van der Waals surface area contributed by atoms with Crippen LogP contribution in [-0.4, -0.2) is 11.1 Å². The fourth-order valence-corrected chi connectivity index (χ4v) is 7.22. The number of carboxylic acid groups (broad SMARTS) is 1. The molecule has 27 heavy (non-hydrogen) atoms. The fourth-order valence-electron chi connectivity index (χ4n) is 7.22. The van der Waals surface area contributed by atoms with Gasteiger partial charge in [-0.25, -0.2) is 4.79 Å². The predicted molar refractivity (Wildman–Crippen MR) is 108 cm³/mol. The highest BCUT2D eigenvalue weighted by Crippen LogP contribution is 3.12. The first-order valence-electron chi connectivity index (χ1n) is 10.8. The Morgan fingerprint density at radius 3 is 2.37 bits per heavy atom. The lowest BCUT2D eigenvalue weighted by Crippen LogP contribution is -2.23. The maximum Gasteiger partial charge on any atom is 0.331 e. The largest absolute Gasteiger partial charge is 0.478 e. The van der Waals surface area contributed by atoms with Crippen LogP contribution in [0.5, 0.6) is 0 Å². The molecule has 0 saturated heterocycles. The van der Waals surface area contributed by atoms with Crippen LogP contribution in [0.4, 0.5) is 0 Å². The van der Waals surface area contributed by atoms with E-state index in [0.717, 1.165) is 5.92 Å². The van der Waals surface area contributed by atoms with Gasteiger partial charge in [-0.05, 0) is 65.2 Å². The standard InChI is InChI=1S/C25H32O2/c1-6-7-8-9-10-23(4,5)16-11-14(2)18(15(3)12-16)24-13-17(22(26)27)19-20-21(24)25(19,20)24/h11-13,19-21H,6-10H2,1-5H3,(H,26,27)/t19-,20?,21?,24+,25-/m0/s1. The van der Waals surface area contributed by atoms with E-state index in [4.69, 9.17) is 0 Å². The van der Waals surface area contributed by atoms with Gasteiger partial charge in [0, 0.05) is 16.9 Å². The third kappa shape index (κ3) is 1.85. The monoisotopic (exact) mass is 364 g/mol. The van der Waals surface area contributed by atoms with Gasteiger partial charge in [0.25, 0.3) is 0 Å². The number of carbonyl (C=O) groups is 1. The van der Waals surface area contributed by atoms with Crippen LogP contribution in [0.15, 0.2) is 23.8 Å². The van der Waals surface area contributed by atoms with Crippen molar-refractivity contribution in [3.8, 4) is 0 Å². The minimum absolute atomic E-state index is 0.0774. The molecule has 0 radical (unpaired) electrons. The highest BCUT2D eigenvalue weighted by Gasteiger charge is 3.12. The first-order valence-corrected chi connectivity index (χ1v) is 10.8. The molecule has 4 aliphatic carbocycles. The Kier molecular flexibility index (Phi) is 3.29. The number of aliphatic carboxylic acids is 1. The predicted octanol–water partition coefficient (Wildman–Crippen LogP) is 5.69. The van der Waals surface area contributed by atoms with E-state index in [1.165, 1.54) is 54.4 Å². The van der Waals surface area contributed by atoms with E-state index in [0.29, 0.717) is 22.8 Å². The van der Waals surface area contributed by atoms with Gasteiger partial charge in [0.1, 0.15) is 0 Å². The first kappa shape index (κ1) is 17.5. The van der Waals surface area contributed by atoms with Crippen molar-refractivity contribution in [1.82, 2.24) is 0 Å². The van der Waals surface area contributed by atoms with E-state index < -0.39 is 5.97 Å². The number of allylic oxidation sites excluding steroid dienone is 1. The van der Waals surface area contributed by atoms with Crippen LogP contribution in [0.1, 0.15) is 75.1 Å². The van der Waals surface area contributed by atoms with Crippen molar-refractivity contribution in [3.05, 3.63) is 46.0 Å². The highest BCUT2D eigenvalue weighted by atomic mass is 16.4. The summed E-state index contributed by atoms with van der Waals surface area (Å²) < 4.78 is 0. The van der Waals surface area contributed by atoms with Crippen LogP contribution in [0, 0.1) is 37.0 Å². The van der Waals surface area contributed by atoms with E-state index >= 15 is 0 Å². The first-order chi connectivity index (χ1) is 12.7. The van der Waals surface area contributed by atoms with E-state index in [2.05, 4.69) is 52.8 Å². The Balaban J connectivity index is 1.44. The van der Waals surface area contributed by atoms with E-state index in [1.54, 1.807) is 0 Å². The van der Waals surface area contributed by atoms with Gasteiger partial charge in [0.05, 0.1) is 0 Å². The number of aryl methyl sites for hydroxylation is 2. The number of rotatable bonds is 8. The molecular weight excluding hydrogens is 332 g/mol. The summed E-state index contributed by atoms with van der Waals surface area (Å²) >= 11 is 0. The molecule has 0 heterocycles. The summed E-state index contributed by atoms with van der Waals surface area (Å²) in [5, 5.41) is 9.56. The Morgan fingerprint density at radius 2 is 1.81 bits per heavy atom. The average Bonchev–Trinajstić information content (AvgIpc) is 3.51. The quantitative estimate of drug-likeness (QED) is 0.602. The molecule has 5 rings (SSSR count). The van der Waals surface area contributed by atoms with Crippen LogP contribution in [0.25, 0.3) is 0 Å². The summed E-state index contributed by atoms with van der Waals surface area (Å²) in [5.41, 5.74) is 6.98. The van der Waals surface area contributed by atoms with E-state index in [1.807, 2.05) is 0 Å². The number of benzene rings is 1. The Labute approximate surface area is 163 Å². The van der Waals surface area contributed by atoms with Crippen molar-refractivity contribution in [2.24, 2.45) is 23.2 Å². The Morgan fingerprint density at radius 1 is 1.15 bits per heavy atom. The van der Waals surface area contributed by atoms with Gasteiger partial charge in [-0.15, -0.1) is 0 Å². The van der Waals surface area contributed by atoms with Gasteiger partial charge in [0.2, 0.25) is 0 Å². The molecule has 1 spiro atoms. The van der Waals surface area contributed by atoms with Crippen molar-refractivity contribution in [3.63, 3.8) is 0 Å². The lowest BCUT2D eigenvalue weighted by molar-refractivity contribution is -0.133. The molecule has 1 aromatic carbocycles. The average molecular weight is 365 g/mol. The van der Waals surface area contributed by atoms with Gasteiger partial charge < -0.3 is 5.11 Å².